The first-order chi connectivity index (χ1) is 6.09. The Kier molecular flexibility index (Phi) is 1.88. The zero-order valence-electron chi connectivity index (χ0n) is 6.49. The van der Waals surface area contributed by atoms with Gasteiger partial charge in [0.05, 0.1) is 0 Å². The normalized spacial score (nSPS) is 11.0. The third kappa shape index (κ3) is 1.26. The largest absolute Gasteiger partial charge is 0.492 e. The van der Waals surface area contributed by atoms with E-state index in [2.05, 4.69) is 31.0 Å². The summed E-state index contributed by atoms with van der Waals surface area (Å²) in [5.41, 5.74) is 0.955. The van der Waals surface area contributed by atoms with E-state index in [4.69, 9.17) is 11.6 Å². The quantitative estimate of drug-likeness (QED) is 0.731. The Bertz CT molecular complexity index is 483. The molecule has 5 nitrogen and oxygen atoms in total. The van der Waals surface area contributed by atoms with Crippen LogP contribution in [0.2, 0.25) is 5.28 Å². The third-order valence-electron chi connectivity index (χ3n) is 1.60. The summed E-state index contributed by atoms with van der Waals surface area (Å²) >= 11 is 8.76. The fourth-order valence-electron chi connectivity index (χ4n) is 1.09. The maximum atomic E-state index is 9.43. The molecule has 0 amide bonds. The van der Waals surface area contributed by atoms with Gasteiger partial charge < -0.3 is 5.11 Å². The van der Waals surface area contributed by atoms with Crippen LogP contribution in [0.3, 0.4) is 0 Å². The Labute approximate surface area is 86.5 Å². The number of aromatic hydroxyl groups is 1. The molecule has 2 aromatic rings. The number of hydrogen-bond acceptors (Lipinski definition) is 4. The maximum absolute atomic E-state index is 9.43. The van der Waals surface area contributed by atoms with E-state index in [9.17, 15) is 5.11 Å². The van der Waals surface area contributed by atoms with Gasteiger partial charge in [-0.2, -0.15) is 10.1 Å². The monoisotopic (exact) mass is 262 g/mol. The molecule has 0 unspecified atom stereocenters. The minimum atomic E-state index is -0.171. The second-order valence-corrected chi connectivity index (χ2v) is 3.52. The highest BCUT2D eigenvalue weighted by atomic mass is 79.9. The molecule has 0 aromatic carbocycles. The number of hydrogen-bond donors (Lipinski definition) is 1. The van der Waals surface area contributed by atoms with E-state index in [0.29, 0.717) is 15.6 Å². The molecule has 0 radical (unpaired) electrons. The van der Waals surface area contributed by atoms with Crippen molar-refractivity contribution in [3.05, 3.63) is 9.89 Å². The first-order valence-corrected chi connectivity index (χ1v) is 4.51. The smallest absolute Gasteiger partial charge is 0.242 e. The topological polar surface area (TPSA) is 63.8 Å². The fraction of sp³-hybridized carbons (Fsp3) is 0.167. The van der Waals surface area contributed by atoms with Crippen molar-refractivity contribution >= 4 is 38.6 Å². The SMILES string of the molecule is Cn1nc(Br)c2nc(Cl)nc(O)c21. The summed E-state index contributed by atoms with van der Waals surface area (Å²) in [5.74, 6) is -0.171. The van der Waals surface area contributed by atoms with E-state index < -0.39 is 0 Å². The molecule has 2 aromatic heterocycles. The standard InChI is InChI=1S/C6H4BrClN4O/c1-12-3-2(4(7)11-12)9-6(8)10-5(3)13/h1H3,(H,9,10,13). The molecule has 0 aliphatic carbocycles. The van der Waals surface area contributed by atoms with E-state index in [1.54, 1.807) is 7.05 Å². The van der Waals surface area contributed by atoms with Gasteiger partial charge in [0, 0.05) is 7.05 Å². The number of nitrogens with zero attached hydrogens (tertiary/aromatic N) is 4. The van der Waals surface area contributed by atoms with Crippen LogP contribution in [0.15, 0.2) is 4.60 Å². The first-order valence-electron chi connectivity index (χ1n) is 3.34. The van der Waals surface area contributed by atoms with Crippen LogP contribution in [0, 0.1) is 0 Å². The highest BCUT2D eigenvalue weighted by Crippen LogP contribution is 2.27. The minimum absolute atomic E-state index is 0.00120. The lowest BCUT2D eigenvalue weighted by molar-refractivity contribution is 0.455. The van der Waals surface area contributed by atoms with E-state index in [0.717, 1.165) is 0 Å². The lowest BCUT2D eigenvalue weighted by Gasteiger charge is -1.96. The van der Waals surface area contributed by atoms with Crippen molar-refractivity contribution in [3.8, 4) is 5.88 Å². The van der Waals surface area contributed by atoms with Crippen LogP contribution in [0.1, 0.15) is 0 Å². The lowest BCUT2D eigenvalue weighted by atomic mass is 10.4. The van der Waals surface area contributed by atoms with Gasteiger partial charge in [0.1, 0.15) is 11.0 Å². The molecule has 0 spiro atoms. The molecular weight excluding hydrogens is 259 g/mol. The van der Waals surface area contributed by atoms with Crippen molar-refractivity contribution in [2.45, 2.75) is 0 Å². The van der Waals surface area contributed by atoms with Crippen LogP contribution < -0.4 is 0 Å². The van der Waals surface area contributed by atoms with Gasteiger partial charge in [-0.3, -0.25) is 4.68 Å². The zero-order chi connectivity index (χ0) is 9.59. The van der Waals surface area contributed by atoms with Gasteiger partial charge in [0.25, 0.3) is 0 Å². The van der Waals surface area contributed by atoms with Gasteiger partial charge in [-0.25, -0.2) is 4.98 Å². The highest BCUT2D eigenvalue weighted by Gasteiger charge is 2.13. The van der Waals surface area contributed by atoms with Crippen LogP contribution in [0.4, 0.5) is 0 Å². The molecule has 2 heterocycles. The summed E-state index contributed by atoms with van der Waals surface area (Å²) in [5, 5.41) is 13.4. The van der Waals surface area contributed by atoms with Gasteiger partial charge in [0.2, 0.25) is 11.2 Å². The van der Waals surface area contributed by atoms with E-state index in [1.807, 2.05) is 0 Å². The third-order valence-corrected chi connectivity index (χ3v) is 2.30. The van der Waals surface area contributed by atoms with Gasteiger partial charge in [-0.1, -0.05) is 0 Å². The average molecular weight is 263 g/mol. The number of aryl methyl sites for hydroxylation is 1. The molecule has 0 fully saturated rings. The molecule has 0 atom stereocenters. The second kappa shape index (κ2) is 2.81. The highest BCUT2D eigenvalue weighted by molar-refractivity contribution is 9.10. The predicted molar refractivity (Wildman–Crippen MR) is 50.7 cm³/mol. The second-order valence-electron chi connectivity index (χ2n) is 2.43. The minimum Gasteiger partial charge on any atom is -0.492 e. The van der Waals surface area contributed by atoms with Gasteiger partial charge in [-0.05, 0) is 27.5 Å². The molecule has 68 valence electrons. The Morgan fingerprint density at radius 1 is 1.46 bits per heavy atom. The van der Waals surface area contributed by atoms with E-state index in [-0.39, 0.29) is 11.2 Å². The molecule has 0 saturated heterocycles. The van der Waals surface area contributed by atoms with Gasteiger partial charge in [-0.15, -0.1) is 0 Å². The van der Waals surface area contributed by atoms with Crippen LogP contribution in [-0.4, -0.2) is 24.9 Å². The average Bonchev–Trinajstić information content (AvgIpc) is 2.27. The van der Waals surface area contributed by atoms with Crippen molar-refractivity contribution in [2.75, 3.05) is 0 Å². The van der Waals surface area contributed by atoms with Crippen LogP contribution >= 0.6 is 27.5 Å². The van der Waals surface area contributed by atoms with Crippen molar-refractivity contribution in [3.63, 3.8) is 0 Å². The first kappa shape index (κ1) is 8.71. The molecule has 13 heavy (non-hydrogen) atoms. The van der Waals surface area contributed by atoms with Crippen LogP contribution in [0.25, 0.3) is 11.0 Å². The molecule has 1 N–H and O–H groups in total. The summed E-state index contributed by atoms with van der Waals surface area (Å²) in [7, 11) is 1.68. The van der Waals surface area contributed by atoms with E-state index in [1.165, 1.54) is 4.68 Å². The Hall–Kier alpha value is -0.880. The van der Waals surface area contributed by atoms with Crippen molar-refractivity contribution in [2.24, 2.45) is 7.05 Å². The Morgan fingerprint density at radius 2 is 2.15 bits per heavy atom. The molecule has 7 heteroatoms. The summed E-state index contributed by atoms with van der Waals surface area (Å²) < 4.78 is 2.01. The summed E-state index contributed by atoms with van der Waals surface area (Å²) in [6, 6.07) is 0. The number of rotatable bonds is 0. The Morgan fingerprint density at radius 3 is 2.85 bits per heavy atom. The molecule has 0 aliphatic heterocycles. The molecule has 0 bridgehead atoms. The van der Waals surface area contributed by atoms with Crippen LogP contribution in [-0.2, 0) is 7.05 Å². The van der Waals surface area contributed by atoms with Crippen LogP contribution in [0.5, 0.6) is 5.88 Å². The van der Waals surface area contributed by atoms with Crippen molar-refractivity contribution in [1.29, 1.82) is 0 Å². The molecule has 0 aliphatic rings. The molecular formula is C6H4BrClN4O. The summed E-state index contributed by atoms with van der Waals surface area (Å²) in [6.45, 7) is 0. The fourth-order valence-corrected chi connectivity index (χ4v) is 1.77. The maximum Gasteiger partial charge on any atom is 0.242 e. The Balaban J connectivity index is 2.97. The van der Waals surface area contributed by atoms with Gasteiger partial charge >= 0.3 is 0 Å². The zero-order valence-corrected chi connectivity index (χ0v) is 8.83. The number of halogens is 2. The van der Waals surface area contributed by atoms with Crippen molar-refractivity contribution in [1.82, 2.24) is 19.7 Å². The number of aromatic nitrogens is 4. The number of fused-ring (bicyclic) bond motifs is 1. The lowest BCUT2D eigenvalue weighted by Crippen LogP contribution is -1.91. The van der Waals surface area contributed by atoms with E-state index >= 15 is 0 Å². The van der Waals surface area contributed by atoms with Gasteiger partial charge in [0.15, 0.2) is 4.60 Å². The summed E-state index contributed by atoms with van der Waals surface area (Å²) in [4.78, 5) is 7.53. The molecule has 0 saturated carbocycles. The predicted octanol–water partition coefficient (Wildman–Crippen LogP) is 1.48. The molecule has 2 rings (SSSR count). The summed E-state index contributed by atoms with van der Waals surface area (Å²) in [6.07, 6.45) is 0. The van der Waals surface area contributed by atoms with Crippen molar-refractivity contribution < 1.29 is 5.11 Å².